The van der Waals surface area contributed by atoms with Gasteiger partial charge in [0.05, 0.1) is 11.7 Å². The zero-order chi connectivity index (χ0) is 10.0. The third-order valence-corrected chi connectivity index (χ3v) is 2.14. The Morgan fingerprint density at radius 2 is 1.69 bits per heavy atom. The van der Waals surface area contributed by atoms with Crippen LogP contribution in [0.4, 0.5) is 13.2 Å². The third kappa shape index (κ3) is 2.22. The van der Waals surface area contributed by atoms with Gasteiger partial charge in [0.1, 0.15) is 17.5 Å². The fourth-order valence-corrected chi connectivity index (χ4v) is 1.27. The van der Waals surface area contributed by atoms with Crippen LogP contribution in [0.3, 0.4) is 0 Å². The molecule has 0 aliphatic rings. The van der Waals surface area contributed by atoms with E-state index >= 15 is 0 Å². The maximum absolute atomic E-state index is 12.9. The van der Waals surface area contributed by atoms with E-state index in [1.165, 1.54) is 0 Å². The van der Waals surface area contributed by atoms with Crippen molar-refractivity contribution in [3.8, 4) is 0 Å². The molecule has 72 valence electrons. The zero-order valence-corrected chi connectivity index (χ0v) is 7.98. The Kier molecular flexibility index (Phi) is 3.33. The Balaban J connectivity index is 3.20. The molecule has 0 aliphatic carbocycles. The van der Waals surface area contributed by atoms with Crippen LogP contribution in [0.1, 0.15) is 11.7 Å². The number of alkyl halides is 1. The quantitative estimate of drug-likeness (QED) is 0.805. The van der Waals surface area contributed by atoms with Crippen LogP contribution < -0.4 is 0 Å². The summed E-state index contributed by atoms with van der Waals surface area (Å²) in [7, 11) is 0. The summed E-state index contributed by atoms with van der Waals surface area (Å²) in [6.07, 6.45) is -1.31. The highest BCUT2D eigenvalue weighted by Crippen LogP contribution is 2.23. The van der Waals surface area contributed by atoms with Crippen molar-refractivity contribution < 1.29 is 18.3 Å². The van der Waals surface area contributed by atoms with Crippen molar-refractivity contribution in [3.63, 3.8) is 0 Å². The highest BCUT2D eigenvalue weighted by atomic mass is 79.9. The summed E-state index contributed by atoms with van der Waals surface area (Å²) in [5.74, 6) is -3.16. The van der Waals surface area contributed by atoms with E-state index in [4.69, 9.17) is 5.11 Å². The van der Waals surface area contributed by atoms with Crippen molar-refractivity contribution in [1.82, 2.24) is 0 Å². The fraction of sp³-hybridized carbons (Fsp3) is 0.250. The molecular weight excluding hydrogens is 249 g/mol. The lowest BCUT2D eigenvalue weighted by molar-refractivity contribution is 0.194. The van der Waals surface area contributed by atoms with Crippen LogP contribution in [0.15, 0.2) is 12.1 Å². The molecule has 0 heterocycles. The minimum atomic E-state index is -1.31. The Morgan fingerprint density at radius 3 is 2.08 bits per heavy atom. The fourth-order valence-electron chi connectivity index (χ4n) is 0.949. The first-order valence-electron chi connectivity index (χ1n) is 3.44. The maximum Gasteiger partial charge on any atom is 0.134 e. The predicted molar refractivity (Wildman–Crippen MR) is 45.1 cm³/mol. The van der Waals surface area contributed by atoms with E-state index in [1.807, 2.05) is 0 Å². The monoisotopic (exact) mass is 254 g/mol. The lowest BCUT2D eigenvalue weighted by Crippen LogP contribution is -2.05. The van der Waals surface area contributed by atoms with E-state index in [2.05, 4.69) is 15.9 Å². The highest BCUT2D eigenvalue weighted by molar-refractivity contribution is 9.09. The molecule has 5 heteroatoms. The van der Waals surface area contributed by atoms with E-state index in [0.29, 0.717) is 12.1 Å². The smallest absolute Gasteiger partial charge is 0.134 e. The predicted octanol–water partition coefficient (Wildman–Crippen LogP) is 2.53. The van der Waals surface area contributed by atoms with Crippen LogP contribution in [0, 0.1) is 17.5 Å². The van der Waals surface area contributed by atoms with Crippen LogP contribution in [-0.4, -0.2) is 10.4 Å². The summed E-state index contributed by atoms with van der Waals surface area (Å²) in [5.41, 5.74) is -0.515. The van der Waals surface area contributed by atoms with Crippen LogP contribution in [0.2, 0.25) is 0 Å². The first-order valence-corrected chi connectivity index (χ1v) is 4.57. The molecule has 1 aromatic rings. The number of aliphatic hydroxyl groups is 1. The van der Waals surface area contributed by atoms with E-state index in [-0.39, 0.29) is 5.33 Å². The van der Waals surface area contributed by atoms with Gasteiger partial charge >= 0.3 is 0 Å². The molecule has 0 radical (unpaired) electrons. The Morgan fingerprint density at radius 1 is 1.23 bits per heavy atom. The normalized spacial score (nSPS) is 13.0. The number of hydrogen-bond acceptors (Lipinski definition) is 1. The van der Waals surface area contributed by atoms with Gasteiger partial charge in [-0.05, 0) is 0 Å². The molecule has 1 N–H and O–H groups in total. The van der Waals surface area contributed by atoms with Crippen LogP contribution in [0.5, 0.6) is 0 Å². The van der Waals surface area contributed by atoms with Gasteiger partial charge in [-0.3, -0.25) is 0 Å². The molecular formula is C8H6BrF3O. The summed E-state index contributed by atoms with van der Waals surface area (Å²) in [5, 5.41) is 9.13. The number of hydrogen-bond donors (Lipinski definition) is 1. The molecule has 0 saturated heterocycles. The van der Waals surface area contributed by atoms with Gasteiger partial charge in [0.25, 0.3) is 0 Å². The number of halogens is 4. The minimum Gasteiger partial charge on any atom is -0.387 e. The molecule has 1 rings (SSSR count). The van der Waals surface area contributed by atoms with Crippen LogP contribution in [0.25, 0.3) is 0 Å². The molecule has 13 heavy (non-hydrogen) atoms. The van der Waals surface area contributed by atoms with Gasteiger partial charge < -0.3 is 5.11 Å². The molecule has 0 aromatic heterocycles. The second-order valence-corrected chi connectivity index (χ2v) is 3.10. The summed E-state index contributed by atoms with van der Waals surface area (Å²) in [4.78, 5) is 0. The third-order valence-electron chi connectivity index (χ3n) is 1.52. The van der Waals surface area contributed by atoms with Gasteiger partial charge in [0.15, 0.2) is 0 Å². The van der Waals surface area contributed by atoms with E-state index in [0.717, 1.165) is 0 Å². The zero-order valence-electron chi connectivity index (χ0n) is 6.40. The summed E-state index contributed by atoms with van der Waals surface area (Å²) in [6.45, 7) is 0. The van der Waals surface area contributed by atoms with Gasteiger partial charge in [-0.15, -0.1) is 0 Å². The molecule has 1 unspecified atom stereocenters. The molecule has 0 saturated carbocycles. The van der Waals surface area contributed by atoms with Gasteiger partial charge in [-0.2, -0.15) is 0 Å². The topological polar surface area (TPSA) is 20.2 Å². The van der Waals surface area contributed by atoms with Crippen LogP contribution >= 0.6 is 15.9 Å². The average molecular weight is 255 g/mol. The number of benzene rings is 1. The largest absolute Gasteiger partial charge is 0.387 e. The van der Waals surface area contributed by atoms with Crippen molar-refractivity contribution in [2.45, 2.75) is 6.10 Å². The SMILES string of the molecule is OC(CBr)c1c(F)cc(F)cc1F. The molecule has 0 bridgehead atoms. The molecule has 0 fully saturated rings. The van der Waals surface area contributed by atoms with Gasteiger partial charge in [-0.25, -0.2) is 13.2 Å². The standard InChI is InChI=1S/C8H6BrF3O/c9-3-7(13)8-5(11)1-4(10)2-6(8)12/h1-2,7,13H,3H2. The lowest BCUT2D eigenvalue weighted by Gasteiger charge is -2.09. The van der Waals surface area contributed by atoms with E-state index in [1.54, 1.807) is 0 Å². The van der Waals surface area contributed by atoms with Gasteiger partial charge in [-0.1, -0.05) is 15.9 Å². The average Bonchev–Trinajstić information content (AvgIpc) is 2.02. The van der Waals surface area contributed by atoms with Crippen molar-refractivity contribution in [3.05, 3.63) is 35.1 Å². The first-order chi connectivity index (χ1) is 6.06. The second kappa shape index (κ2) is 4.11. The number of rotatable bonds is 2. The summed E-state index contributed by atoms with van der Waals surface area (Å²) < 4.78 is 38.2. The molecule has 1 atom stereocenters. The Bertz CT molecular complexity index is 293. The second-order valence-electron chi connectivity index (χ2n) is 2.45. The molecule has 0 spiro atoms. The molecule has 1 nitrogen and oxygen atoms in total. The Labute approximate surface area is 81.3 Å². The van der Waals surface area contributed by atoms with E-state index in [9.17, 15) is 13.2 Å². The minimum absolute atomic E-state index is 0.00747. The van der Waals surface area contributed by atoms with Crippen molar-refractivity contribution in [1.29, 1.82) is 0 Å². The number of aliphatic hydroxyl groups excluding tert-OH is 1. The van der Waals surface area contributed by atoms with Crippen molar-refractivity contribution >= 4 is 15.9 Å². The molecule has 1 aromatic carbocycles. The maximum atomic E-state index is 12.9. The molecule has 0 aliphatic heterocycles. The highest BCUT2D eigenvalue weighted by Gasteiger charge is 2.18. The van der Waals surface area contributed by atoms with Gasteiger partial charge in [0, 0.05) is 17.5 Å². The van der Waals surface area contributed by atoms with Crippen molar-refractivity contribution in [2.24, 2.45) is 0 Å². The lowest BCUT2D eigenvalue weighted by atomic mass is 10.1. The summed E-state index contributed by atoms with van der Waals surface area (Å²) >= 11 is 2.86. The Hall–Kier alpha value is -0.550. The van der Waals surface area contributed by atoms with Crippen molar-refractivity contribution in [2.75, 3.05) is 5.33 Å². The molecule has 0 amide bonds. The van der Waals surface area contributed by atoms with Gasteiger partial charge in [0.2, 0.25) is 0 Å². The summed E-state index contributed by atoms with van der Waals surface area (Å²) in [6, 6.07) is 1.06. The van der Waals surface area contributed by atoms with Crippen LogP contribution in [-0.2, 0) is 0 Å². The van der Waals surface area contributed by atoms with E-state index < -0.39 is 29.1 Å². The first kappa shape index (κ1) is 10.5.